The van der Waals surface area contributed by atoms with E-state index in [1.54, 1.807) is 6.08 Å². The molecule has 86 valence electrons. The molecule has 0 unspecified atom stereocenters. The molecule has 0 radical (unpaired) electrons. The van der Waals surface area contributed by atoms with E-state index in [4.69, 9.17) is 5.11 Å². The smallest absolute Gasteiger partial charge is 0.331 e. The van der Waals surface area contributed by atoms with Crippen LogP contribution in [0.2, 0.25) is 0 Å². The largest absolute Gasteiger partial charge is 0.478 e. The summed E-state index contributed by atoms with van der Waals surface area (Å²) in [4.78, 5) is 10.7. The van der Waals surface area contributed by atoms with E-state index in [1.807, 2.05) is 37.3 Å². The number of nitrogens with one attached hydrogen (secondary N) is 1. The van der Waals surface area contributed by atoms with Crippen molar-refractivity contribution in [2.75, 3.05) is 6.54 Å². The van der Waals surface area contributed by atoms with Crippen LogP contribution in [-0.2, 0) is 11.3 Å². The molecule has 16 heavy (non-hydrogen) atoms. The van der Waals surface area contributed by atoms with Gasteiger partial charge in [0.05, 0.1) is 0 Å². The molecule has 0 aliphatic carbocycles. The van der Waals surface area contributed by atoms with Crippen LogP contribution < -0.4 is 5.32 Å². The van der Waals surface area contributed by atoms with Gasteiger partial charge in [-0.05, 0) is 12.0 Å². The Morgan fingerprint density at radius 1 is 1.38 bits per heavy atom. The third-order valence-electron chi connectivity index (χ3n) is 2.32. The second-order valence-electron chi connectivity index (χ2n) is 3.50. The number of rotatable bonds is 6. The topological polar surface area (TPSA) is 49.3 Å². The summed E-state index contributed by atoms with van der Waals surface area (Å²) in [5.74, 6) is -0.830. The highest BCUT2D eigenvalue weighted by Crippen LogP contribution is 2.00. The minimum absolute atomic E-state index is 0.459. The highest BCUT2D eigenvalue weighted by molar-refractivity contribution is 5.86. The highest BCUT2D eigenvalue weighted by atomic mass is 16.4. The third-order valence-corrected chi connectivity index (χ3v) is 2.32. The Kier molecular flexibility index (Phi) is 5.29. The molecule has 3 heteroatoms. The third kappa shape index (κ3) is 4.28. The maximum absolute atomic E-state index is 10.7. The van der Waals surface area contributed by atoms with Crippen LogP contribution in [-0.4, -0.2) is 17.6 Å². The number of aliphatic carboxylic acids is 1. The summed E-state index contributed by atoms with van der Waals surface area (Å²) in [5, 5.41) is 12.0. The predicted molar refractivity (Wildman–Crippen MR) is 64.2 cm³/mol. The van der Waals surface area contributed by atoms with Crippen LogP contribution in [0.1, 0.15) is 18.9 Å². The van der Waals surface area contributed by atoms with E-state index < -0.39 is 5.97 Å². The predicted octanol–water partition coefficient (Wildman–Crippen LogP) is 2.20. The number of benzene rings is 1. The van der Waals surface area contributed by atoms with Crippen molar-refractivity contribution < 1.29 is 9.90 Å². The lowest BCUT2D eigenvalue weighted by Gasteiger charge is -2.02. The minimum Gasteiger partial charge on any atom is -0.478 e. The van der Waals surface area contributed by atoms with Crippen molar-refractivity contribution in [3.63, 3.8) is 0 Å². The molecule has 2 N–H and O–H groups in total. The first-order chi connectivity index (χ1) is 7.74. The first kappa shape index (κ1) is 12.5. The lowest BCUT2D eigenvalue weighted by molar-refractivity contribution is -0.132. The van der Waals surface area contributed by atoms with Gasteiger partial charge in [0.15, 0.2) is 0 Å². The number of hydrogen-bond donors (Lipinski definition) is 2. The fraction of sp³-hybridized carbons (Fsp3) is 0.308. The molecule has 1 aromatic rings. The van der Waals surface area contributed by atoms with Gasteiger partial charge in [-0.1, -0.05) is 43.3 Å². The number of hydrogen-bond acceptors (Lipinski definition) is 2. The molecule has 0 spiro atoms. The van der Waals surface area contributed by atoms with Crippen LogP contribution in [0.3, 0.4) is 0 Å². The average Bonchev–Trinajstić information content (AvgIpc) is 2.30. The summed E-state index contributed by atoms with van der Waals surface area (Å²) < 4.78 is 0. The highest BCUT2D eigenvalue weighted by Gasteiger charge is 2.02. The summed E-state index contributed by atoms with van der Waals surface area (Å²) >= 11 is 0. The molecule has 1 aromatic carbocycles. The van der Waals surface area contributed by atoms with Gasteiger partial charge < -0.3 is 10.4 Å². The monoisotopic (exact) mass is 219 g/mol. The van der Waals surface area contributed by atoms with Gasteiger partial charge >= 0.3 is 5.97 Å². The molecule has 0 atom stereocenters. The fourth-order valence-electron chi connectivity index (χ4n) is 1.39. The zero-order valence-corrected chi connectivity index (χ0v) is 9.44. The molecule has 0 saturated carbocycles. The van der Waals surface area contributed by atoms with E-state index >= 15 is 0 Å². The minimum atomic E-state index is -0.830. The average molecular weight is 219 g/mol. The Morgan fingerprint density at radius 3 is 2.62 bits per heavy atom. The zero-order valence-electron chi connectivity index (χ0n) is 9.44. The molecule has 0 aliphatic heterocycles. The van der Waals surface area contributed by atoms with Crippen molar-refractivity contribution in [3.05, 3.63) is 47.5 Å². The summed E-state index contributed by atoms with van der Waals surface area (Å²) in [7, 11) is 0. The second kappa shape index (κ2) is 6.80. The van der Waals surface area contributed by atoms with Gasteiger partial charge in [0, 0.05) is 18.7 Å². The van der Waals surface area contributed by atoms with Crippen molar-refractivity contribution in [2.24, 2.45) is 0 Å². The Labute approximate surface area is 95.8 Å². The Balaban J connectivity index is 2.34. The van der Waals surface area contributed by atoms with Crippen LogP contribution in [0, 0.1) is 0 Å². The van der Waals surface area contributed by atoms with Crippen molar-refractivity contribution >= 4 is 5.97 Å². The van der Waals surface area contributed by atoms with E-state index in [2.05, 4.69) is 5.32 Å². The Hall–Kier alpha value is -1.61. The van der Waals surface area contributed by atoms with E-state index in [-0.39, 0.29) is 0 Å². The van der Waals surface area contributed by atoms with E-state index in [0.29, 0.717) is 18.5 Å². The molecular formula is C13H17NO2. The fourth-order valence-corrected chi connectivity index (χ4v) is 1.39. The molecule has 0 aliphatic rings. The van der Waals surface area contributed by atoms with Gasteiger partial charge in [0.1, 0.15) is 0 Å². The van der Waals surface area contributed by atoms with Crippen LogP contribution in [0.25, 0.3) is 0 Å². The maximum Gasteiger partial charge on any atom is 0.331 e. The van der Waals surface area contributed by atoms with E-state index in [0.717, 1.165) is 6.54 Å². The zero-order chi connectivity index (χ0) is 11.8. The summed E-state index contributed by atoms with van der Waals surface area (Å²) in [6.45, 7) is 3.19. The standard InChI is InChI=1S/C13H17NO2/c1-2-12(13(15)16)8-9-14-10-11-6-4-3-5-7-11/h3-8,14H,2,9-10H2,1H3,(H,15,16)/b12-8-. The van der Waals surface area contributed by atoms with Gasteiger partial charge in [-0.15, -0.1) is 0 Å². The molecule has 0 amide bonds. The van der Waals surface area contributed by atoms with Crippen molar-refractivity contribution in [1.82, 2.24) is 5.32 Å². The first-order valence-electron chi connectivity index (χ1n) is 5.41. The van der Waals surface area contributed by atoms with Crippen LogP contribution in [0.4, 0.5) is 0 Å². The van der Waals surface area contributed by atoms with E-state index in [9.17, 15) is 4.79 Å². The summed E-state index contributed by atoms with van der Waals surface area (Å²) in [6, 6.07) is 10.0. The Morgan fingerprint density at radius 2 is 2.06 bits per heavy atom. The number of carboxylic acids is 1. The van der Waals surface area contributed by atoms with Crippen LogP contribution in [0.15, 0.2) is 42.0 Å². The Bertz CT molecular complexity index is 357. The van der Waals surface area contributed by atoms with Gasteiger partial charge in [-0.2, -0.15) is 0 Å². The second-order valence-corrected chi connectivity index (χ2v) is 3.50. The molecule has 3 nitrogen and oxygen atoms in total. The number of carbonyl (C=O) groups is 1. The van der Waals surface area contributed by atoms with Crippen molar-refractivity contribution in [2.45, 2.75) is 19.9 Å². The molecule has 0 heterocycles. The van der Waals surface area contributed by atoms with Crippen molar-refractivity contribution in [1.29, 1.82) is 0 Å². The van der Waals surface area contributed by atoms with Gasteiger partial charge in [-0.25, -0.2) is 4.79 Å². The van der Waals surface area contributed by atoms with Crippen LogP contribution >= 0.6 is 0 Å². The molecule has 0 bridgehead atoms. The molecule has 1 rings (SSSR count). The first-order valence-corrected chi connectivity index (χ1v) is 5.41. The van der Waals surface area contributed by atoms with Gasteiger partial charge in [0.25, 0.3) is 0 Å². The normalized spacial score (nSPS) is 11.4. The summed E-state index contributed by atoms with van der Waals surface area (Å²) in [6.07, 6.45) is 2.29. The van der Waals surface area contributed by atoms with Crippen LogP contribution in [0.5, 0.6) is 0 Å². The molecule has 0 fully saturated rings. The lowest BCUT2D eigenvalue weighted by atomic mass is 10.2. The number of carboxylic acid groups (broad SMARTS) is 1. The maximum atomic E-state index is 10.7. The van der Waals surface area contributed by atoms with Gasteiger partial charge in [0.2, 0.25) is 0 Å². The molecule has 0 saturated heterocycles. The quantitative estimate of drug-likeness (QED) is 0.569. The van der Waals surface area contributed by atoms with Crippen molar-refractivity contribution in [3.8, 4) is 0 Å². The lowest BCUT2D eigenvalue weighted by Crippen LogP contribution is -2.14. The SMILES string of the molecule is CC/C(=C/CNCc1ccccc1)C(=O)O. The molecular weight excluding hydrogens is 202 g/mol. The van der Waals surface area contributed by atoms with E-state index in [1.165, 1.54) is 5.56 Å². The molecule has 0 aromatic heterocycles. The summed E-state index contributed by atoms with van der Waals surface area (Å²) in [5.41, 5.74) is 1.66. The van der Waals surface area contributed by atoms with Gasteiger partial charge in [-0.3, -0.25) is 0 Å².